The Labute approximate surface area is 110 Å². The minimum Gasteiger partial charge on any atom is -0.408 e. The van der Waals surface area contributed by atoms with Gasteiger partial charge in [0.25, 0.3) is 0 Å². The van der Waals surface area contributed by atoms with Crippen molar-refractivity contribution >= 4 is 11.9 Å². The van der Waals surface area contributed by atoms with Gasteiger partial charge in [0.05, 0.1) is 5.92 Å². The molecule has 98 valence electrons. The molecule has 1 aliphatic rings. The van der Waals surface area contributed by atoms with Crippen LogP contribution in [-0.4, -0.2) is 22.6 Å². The molecule has 6 nitrogen and oxygen atoms in total. The summed E-state index contributed by atoms with van der Waals surface area (Å²) in [5.41, 5.74) is 2.20. The summed E-state index contributed by atoms with van der Waals surface area (Å²) in [6, 6.07) is 8.08. The summed E-state index contributed by atoms with van der Waals surface area (Å²) in [6.07, 6.45) is 0. The van der Waals surface area contributed by atoms with E-state index in [9.17, 15) is 4.79 Å². The molecule has 1 aromatic carbocycles. The van der Waals surface area contributed by atoms with Crippen molar-refractivity contribution in [3.63, 3.8) is 0 Å². The molecule has 0 aliphatic carbocycles. The van der Waals surface area contributed by atoms with Crippen molar-refractivity contribution in [3.05, 3.63) is 41.3 Å². The van der Waals surface area contributed by atoms with E-state index in [1.165, 1.54) is 0 Å². The molecule has 19 heavy (non-hydrogen) atoms. The molecule has 1 aliphatic heterocycles. The fourth-order valence-electron chi connectivity index (χ4n) is 2.27. The first kappa shape index (κ1) is 11.9. The zero-order chi connectivity index (χ0) is 13.2. The molecule has 0 saturated carbocycles. The van der Waals surface area contributed by atoms with Gasteiger partial charge in [0.15, 0.2) is 0 Å². The van der Waals surface area contributed by atoms with E-state index in [1.807, 2.05) is 24.3 Å². The van der Waals surface area contributed by atoms with Gasteiger partial charge in [0.2, 0.25) is 11.8 Å². The third-order valence-electron chi connectivity index (χ3n) is 3.17. The molecule has 1 unspecified atom stereocenters. The lowest BCUT2D eigenvalue weighted by Crippen LogP contribution is -2.35. The van der Waals surface area contributed by atoms with Crippen molar-refractivity contribution in [1.82, 2.24) is 15.5 Å². The van der Waals surface area contributed by atoms with Gasteiger partial charge in [-0.1, -0.05) is 29.4 Å². The van der Waals surface area contributed by atoms with Gasteiger partial charge >= 0.3 is 6.01 Å². The second-order valence-electron chi connectivity index (χ2n) is 4.50. The lowest BCUT2D eigenvalue weighted by Gasteiger charge is -2.24. The van der Waals surface area contributed by atoms with Crippen molar-refractivity contribution in [2.45, 2.75) is 19.4 Å². The molecule has 6 heteroatoms. The number of aromatic nitrogens is 2. The molecule has 0 bridgehead atoms. The highest BCUT2D eigenvalue weighted by molar-refractivity contribution is 5.94. The molecule has 0 saturated heterocycles. The Balaban J connectivity index is 1.81. The van der Waals surface area contributed by atoms with Crippen LogP contribution in [0.1, 0.15) is 22.9 Å². The first-order chi connectivity index (χ1) is 9.24. The Morgan fingerprint density at radius 3 is 3.05 bits per heavy atom. The predicted molar refractivity (Wildman–Crippen MR) is 68.6 cm³/mol. The van der Waals surface area contributed by atoms with Gasteiger partial charge in [-0.2, -0.15) is 0 Å². The van der Waals surface area contributed by atoms with Crippen LogP contribution in [0.3, 0.4) is 0 Å². The molecule has 2 heterocycles. The van der Waals surface area contributed by atoms with Crippen LogP contribution in [-0.2, 0) is 11.3 Å². The van der Waals surface area contributed by atoms with Crippen LogP contribution in [0.2, 0.25) is 0 Å². The van der Waals surface area contributed by atoms with Gasteiger partial charge in [-0.15, -0.1) is 5.10 Å². The number of rotatable bonds is 2. The number of aryl methyl sites for hydroxylation is 1. The SMILES string of the molecule is Cc1nnc(NC(=O)C2CNCc3ccccc32)o1. The number of carbonyl (C=O) groups excluding carboxylic acids is 1. The van der Waals surface area contributed by atoms with Crippen LogP contribution >= 0.6 is 0 Å². The van der Waals surface area contributed by atoms with E-state index in [0.29, 0.717) is 12.4 Å². The molecular formula is C13H14N4O2. The number of amides is 1. The number of nitrogens with one attached hydrogen (secondary N) is 2. The maximum Gasteiger partial charge on any atom is 0.322 e. The summed E-state index contributed by atoms with van der Waals surface area (Å²) in [7, 11) is 0. The zero-order valence-electron chi connectivity index (χ0n) is 10.5. The summed E-state index contributed by atoms with van der Waals surface area (Å²) >= 11 is 0. The van der Waals surface area contributed by atoms with Gasteiger partial charge in [-0.05, 0) is 11.1 Å². The van der Waals surface area contributed by atoms with Crippen molar-refractivity contribution in [2.75, 3.05) is 11.9 Å². The number of hydrogen-bond donors (Lipinski definition) is 2. The monoisotopic (exact) mass is 258 g/mol. The maximum absolute atomic E-state index is 12.3. The quantitative estimate of drug-likeness (QED) is 0.846. The highest BCUT2D eigenvalue weighted by atomic mass is 16.4. The fraction of sp³-hybridized carbons (Fsp3) is 0.308. The second-order valence-corrected chi connectivity index (χ2v) is 4.50. The number of anilines is 1. The minimum absolute atomic E-state index is 0.136. The molecule has 3 rings (SSSR count). The Morgan fingerprint density at radius 2 is 2.26 bits per heavy atom. The van der Waals surface area contributed by atoms with Gasteiger partial charge in [0, 0.05) is 20.0 Å². The van der Waals surface area contributed by atoms with E-state index in [1.54, 1.807) is 6.92 Å². The van der Waals surface area contributed by atoms with E-state index < -0.39 is 0 Å². The lowest BCUT2D eigenvalue weighted by atomic mass is 9.90. The summed E-state index contributed by atoms with van der Waals surface area (Å²) in [5.74, 6) is 0.0536. The number of hydrogen-bond acceptors (Lipinski definition) is 5. The average molecular weight is 258 g/mol. The van der Waals surface area contributed by atoms with E-state index >= 15 is 0 Å². The third kappa shape index (κ3) is 2.34. The van der Waals surface area contributed by atoms with E-state index in [-0.39, 0.29) is 17.8 Å². The van der Waals surface area contributed by atoms with Gasteiger partial charge in [-0.3, -0.25) is 10.1 Å². The molecular weight excluding hydrogens is 244 g/mol. The summed E-state index contributed by atoms with van der Waals surface area (Å²) in [5, 5.41) is 13.3. The molecule has 1 amide bonds. The molecule has 1 aromatic heterocycles. The normalized spacial score (nSPS) is 17.8. The van der Waals surface area contributed by atoms with Crippen molar-refractivity contribution in [3.8, 4) is 0 Å². The van der Waals surface area contributed by atoms with Gasteiger partial charge < -0.3 is 9.73 Å². The van der Waals surface area contributed by atoms with Crippen LogP contribution < -0.4 is 10.6 Å². The fourth-order valence-corrected chi connectivity index (χ4v) is 2.27. The molecule has 1 atom stereocenters. The van der Waals surface area contributed by atoms with Crippen LogP contribution in [0, 0.1) is 6.92 Å². The zero-order valence-corrected chi connectivity index (χ0v) is 10.5. The minimum atomic E-state index is -0.239. The number of fused-ring (bicyclic) bond motifs is 1. The summed E-state index contributed by atoms with van der Waals surface area (Å²) in [4.78, 5) is 12.3. The smallest absolute Gasteiger partial charge is 0.322 e. The summed E-state index contributed by atoms with van der Waals surface area (Å²) < 4.78 is 5.16. The Hall–Kier alpha value is -2.21. The van der Waals surface area contributed by atoms with E-state index in [2.05, 4.69) is 20.8 Å². The first-order valence-corrected chi connectivity index (χ1v) is 6.13. The molecule has 0 spiro atoms. The van der Waals surface area contributed by atoms with Crippen molar-refractivity contribution < 1.29 is 9.21 Å². The standard InChI is InChI=1S/C13H14N4O2/c1-8-16-17-13(19-8)15-12(18)11-7-14-6-9-4-2-3-5-10(9)11/h2-5,11,14H,6-7H2,1H3,(H,15,17,18). The highest BCUT2D eigenvalue weighted by Crippen LogP contribution is 2.24. The summed E-state index contributed by atoms with van der Waals surface area (Å²) in [6.45, 7) is 3.08. The largest absolute Gasteiger partial charge is 0.408 e. The van der Waals surface area contributed by atoms with Gasteiger partial charge in [0.1, 0.15) is 0 Å². The number of benzene rings is 1. The van der Waals surface area contributed by atoms with Crippen LogP contribution in [0.4, 0.5) is 6.01 Å². The second kappa shape index (κ2) is 4.81. The molecule has 0 fully saturated rings. The van der Waals surface area contributed by atoms with Crippen LogP contribution in [0.25, 0.3) is 0 Å². The molecule has 2 N–H and O–H groups in total. The molecule has 2 aromatic rings. The lowest BCUT2D eigenvalue weighted by molar-refractivity contribution is -0.117. The van der Waals surface area contributed by atoms with Crippen molar-refractivity contribution in [1.29, 1.82) is 0 Å². The number of carbonyl (C=O) groups is 1. The van der Waals surface area contributed by atoms with Gasteiger partial charge in [-0.25, -0.2) is 0 Å². The van der Waals surface area contributed by atoms with Crippen LogP contribution in [0.15, 0.2) is 28.7 Å². The Bertz CT molecular complexity index is 608. The third-order valence-corrected chi connectivity index (χ3v) is 3.17. The van der Waals surface area contributed by atoms with Crippen molar-refractivity contribution in [2.24, 2.45) is 0 Å². The van der Waals surface area contributed by atoms with Crippen LogP contribution in [0.5, 0.6) is 0 Å². The Kier molecular flexibility index (Phi) is 3.00. The maximum atomic E-state index is 12.3. The molecule has 0 radical (unpaired) electrons. The first-order valence-electron chi connectivity index (χ1n) is 6.13. The highest BCUT2D eigenvalue weighted by Gasteiger charge is 2.26. The van der Waals surface area contributed by atoms with E-state index in [4.69, 9.17) is 4.42 Å². The van der Waals surface area contributed by atoms with E-state index in [0.717, 1.165) is 17.7 Å². The number of nitrogens with zero attached hydrogens (tertiary/aromatic N) is 2. The Morgan fingerprint density at radius 1 is 1.42 bits per heavy atom. The topological polar surface area (TPSA) is 80.0 Å². The average Bonchev–Trinajstić information content (AvgIpc) is 2.83. The predicted octanol–water partition coefficient (Wildman–Crippen LogP) is 1.20.